The normalized spacial score (nSPS) is 12.7. The Morgan fingerprint density at radius 2 is 1.58 bits per heavy atom. The second-order valence-electron chi connectivity index (χ2n) is 9.09. The summed E-state index contributed by atoms with van der Waals surface area (Å²) in [7, 11) is 0. The number of carboxylic acids is 1. The molecule has 0 fully saturated rings. The first-order chi connectivity index (χ1) is 17.2. The van der Waals surface area contributed by atoms with Gasteiger partial charge in [0.25, 0.3) is 0 Å². The molecule has 0 aliphatic carbocycles. The minimum absolute atomic E-state index is 0.000763. The molecule has 0 spiro atoms. The van der Waals surface area contributed by atoms with Crippen LogP contribution in [-0.2, 0) is 27.4 Å². The smallest absolute Gasteiger partial charge is 0.337 e. The number of carboxylic acid groups (broad SMARTS) is 1. The lowest BCUT2D eigenvalue weighted by Crippen LogP contribution is -2.52. The van der Waals surface area contributed by atoms with E-state index in [0.29, 0.717) is 0 Å². The van der Waals surface area contributed by atoms with Crippen molar-refractivity contribution in [3.8, 4) is 0 Å². The average Bonchev–Trinajstić information content (AvgIpc) is 2.86. The highest BCUT2D eigenvalue weighted by Crippen LogP contribution is 2.20. The van der Waals surface area contributed by atoms with Crippen molar-refractivity contribution in [2.24, 2.45) is 5.92 Å². The summed E-state index contributed by atoms with van der Waals surface area (Å²) in [6, 6.07) is 20.4. The molecule has 8 nitrogen and oxygen atoms in total. The van der Waals surface area contributed by atoms with E-state index in [-0.39, 0.29) is 32.0 Å². The van der Waals surface area contributed by atoms with Crippen LogP contribution in [0.4, 0.5) is 4.79 Å². The minimum atomic E-state index is -1.57. The van der Waals surface area contributed by atoms with Crippen molar-refractivity contribution >= 4 is 28.7 Å². The highest BCUT2D eigenvalue weighted by molar-refractivity contribution is 5.88. The van der Waals surface area contributed by atoms with Gasteiger partial charge in [0.2, 0.25) is 0 Å². The van der Waals surface area contributed by atoms with Gasteiger partial charge in [0.1, 0.15) is 12.6 Å². The van der Waals surface area contributed by atoms with Crippen molar-refractivity contribution in [1.29, 1.82) is 0 Å². The molecule has 0 aliphatic rings. The number of nitrogens with zero attached hydrogens (tertiary/aromatic N) is 1. The summed E-state index contributed by atoms with van der Waals surface area (Å²) in [6.07, 6.45) is -1.49. The van der Waals surface area contributed by atoms with Crippen molar-refractivity contribution < 1.29 is 29.3 Å². The number of carbonyl (C=O) groups excluding carboxylic acids is 2. The number of fused-ring (bicyclic) bond motifs is 1. The van der Waals surface area contributed by atoms with Crippen LogP contribution in [0.1, 0.15) is 25.0 Å². The number of aliphatic carboxylic acids is 1. The molecule has 0 saturated carbocycles. The molecule has 8 heteroatoms. The topological polar surface area (TPSA) is 116 Å². The summed E-state index contributed by atoms with van der Waals surface area (Å²) >= 11 is 0. The van der Waals surface area contributed by atoms with Gasteiger partial charge < -0.3 is 25.2 Å². The quantitative estimate of drug-likeness (QED) is 0.352. The molecule has 36 heavy (non-hydrogen) atoms. The van der Waals surface area contributed by atoms with E-state index in [1.165, 1.54) is 4.90 Å². The zero-order valence-electron chi connectivity index (χ0n) is 20.5. The SMILES string of the molecule is CC(C)CN(CC(O)C(=O)OCc1ccccc1)C(=O)NC(Cc1cccc2ccccc12)C(=O)O. The number of hydrogen-bond acceptors (Lipinski definition) is 5. The molecule has 2 unspecified atom stereocenters. The number of nitrogens with one attached hydrogen (secondary N) is 1. The number of esters is 1. The maximum Gasteiger partial charge on any atom is 0.337 e. The number of carbonyl (C=O) groups is 3. The summed E-state index contributed by atoms with van der Waals surface area (Å²) < 4.78 is 5.17. The van der Waals surface area contributed by atoms with Gasteiger partial charge in [-0.1, -0.05) is 86.6 Å². The summed E-state index contributed by atoms with van der Waals surface area (Å²) in [5.41, 5.74) is 1.56. The summed E-state index contributed by atoms with van der Waals surface area (Å²) in [5.74, 6) is -2.01. The zero-order valence-corrected chi connectivity index (χ0v) is 20.5. The fourth-order valence-corrected chi connectivity index (χ4v) is 3.92. The molecule has 3 rings (SSSR count). The Morgan fingerprint density at radius 1 is 0.917 bits per heavy atom. The molecule has 190 valence electrons. The van der Waals surface area contributed by atoms with Crippen LogP contribution in [0.3, 0.4) is 0 Å². The van der Waals surface area contributed by atoms with E-state index in [4.69, 9.17) is 4.74 Å². The molecule has 0 aromatic heterocycles. The van der Waals surface area contributed by atoms with E-state index < -0.39 is 30.1 Å². The molecule has 3 aromatic carbocycles. The second-order valence-corrected chi connectivity index (χ2v) is 9.09. The van der Waals surface area contributed by atoms with Gasteiger partial charge in [-0.25, -0.2) is 14.4 Å². The van der Waals surface area contributed by atoms with Crippen LogP contribution in [0.5, 0.6) is 0 Å². The van der Waals surface area contributed by atoms with Crippen molar-refractivity contribution in [3.05, 3.63) is 83.9 Å². The Kier molecular flexibility index (Phi) is 9.41. The van der Waals surface area contributed by atoms with E-state index in [1.807, 2.05) is 74.5 Å². The maximum atomic E-state index is 13.1. The third-order valence-electron chi connectivity index (χ3n) is 5.66. The molecule has 0 heterocycles. The number of aliphatic hydroxyl groups excluding tert-OH is 1. The monoisotopic (exact) mass is 492 g/mol. The Hall–Kier alpha value is -3.91. The highest BCUT2D eigenvalue weighted by atomic mass is 16.5. The fourth-order valence-electron chi connectivity index (χ4n) is 3.92. The standard InChI is InChI=1S/C28H32N2O6/c1-19(2)16-30(17-25(31)27(34)36-18-20-9-4-3-5-10-20)28(35)29-24(26(32)33)15-22-13-8-12-21-11-6-7-14-23(21)22/h3-14,19,24-25,31H,15-18H2,1-2H3,(H,29,35)(H,32,33). The van der Waals surface area contributed by atoms with E-state index in [9.17, 15) is 24.6 Å². The number of benzene rings is 3. The Bertz CT molecular complexity index is 1180. The number of rotatable bonds is 11. The van der Waals surface area contributed by atoms with Crippen molar-refractivity contribution in [2.75, 3.05) is 13.1 Å². The molecule has 2 atom stereocenters. The molecule has 0 aliphatic heterocycles. The minimum Gasteiger partial charge on any atom is -0.480 e. The second kappa shape index (κ2) is 12.7. The van der Waals surface area contributed by atoms with Gasteiger partial charge in [0.15, 0.2) is 6.10 Å². The molecule has 0 radical (unpaired) electrons. The Balaban J connectivity index is 1.67. The number of hydrogen-bond donors (Lipinski definition) is 3. The van der Waals surface area contributed by atoms with Crippen molar-refractivity contribution in [2.45, 2.75) is 39.0 Å². The third-order valence-corrected chi connectivity index (χ3v) is 5.66. The van der Waals surface area contributed by atoms with E-state index >= 15 is 0 Å². The number of urea groups is 1. The summed E-state index contributed by atoms with van der Waals surface area (Å²) in [5, 5.41) is 24.7. The largest absolute Gasteiger partial charge is 0.480 e. The molecule has 0 saturated heterocycles. The van der Waals surface area contributed by atoms with Crippen LogP contribution in [-0.4, -0.2) is 58.3 Å². The Labute approximate surface area is 210 Å². The Morgan fingerprint density at radius 3 is 2.28 bits per heavy atom. The van der Waals surface area contributed by atoms with Gasteiger partial charge in [-0.3, -0.25) is 0 Å². The van der Waals surface area contributed by atoms with Crippen LogP contribution < -0.4 is 5.32 Å². The molecule has 0 bridgehead atoms. The lowest BCUT2D eigenvalue weighted by Gasteiger charge is -2.28. The van der Waals surface area contributed by atoms with Crippen LogP contribution in [0.2, 0.25) is 0 Å². The van der Waals surface area contributed by atoms with Gasteiger partial charge >= 0.3 is 18.0 Å². The van der Waals surface area contributed by atoms with Gasteiger partial charge in [0.05, 0.1) is 6.54 Å². The number of aliphatic hydroxyl groups is 1. The molecule has 3 N–H and O–H groups in total. The van der Waals surface area contributed by atoms with E-state index in [0.717, 1.165) is 21.9 Å². The first-order valence-electron chi connectivity index (χ1n) is 11.9. The number of amides is 2. The lowest BCUT2D eigenvalue weighted by atomic mass is 9.99. The molecule has 2 amide bonds. The zero-order chi connectivity index (χ0) is 26.1. The first-order valence-corrected chi connectivity index (χ1v) is 11.9. The molecular formula is C28H32N2O6. The summed E-state index contributed by atoms with van der Waals surface area (Å²) in [6.45, 7) is 3.66. The van der Waals surface area contributed by atoms with Crippen LogP contribution in [0.15, 0.2) is 72.8 Å². The molecule has 3 aromatic rings. The van der Waals surface area contributed by atoms with Crippen LogP contribution in [0.25, 0.3) is 10.8 Å². The van der Waals surface area contributed by atoms with Gasteiger partial charge in [-0.15, -0.1) is 0 Å². The highest BCUT2D eigenvalue weighted by Gasteiger charge is 2.28. The lowest BCUT2D eigenvalue weighted by molar-refractivity contribution is -0.155. The van der Waals surface area contributed by atoms with Crippen molar-refractivity contribution in [3.63, 3.8) is 0 Å². The van der Waals surface area contributed by atoms with Gasteiger partial charge in [-0.2, -0.15) is 0 Å². The van der Waals surface area contributed by atoms with E-state index in [2.05, 4.69) is 5.32 Å². The first kappa shape index (κ1) is 26.7. The predicted molar refractivity (Wildman–Crippen MR) is 136 cm³/mol. The maximum absolute atomic E-state index is 13.1. The molecular weight excluding hydrogens is 460 g/mol. The average molecular weight is 493 g/mol. The number of ether oxygens (including phenoxy) is 1. The van der Waals surface area contributed by atoms with Crippen LogP contribution >= 0.6 is 0 Å². The van der Waals surface area contributed by atoms with Gasteiger partial charge in [0, 0.05) is 13.0 Å². The fraction of sp³-hybridized carbons (Fsp3) is 0.321. The van der Waals surface area contributed by atoms with Crippen molar-refractivity contribution in [1.82, 2.24) is 10.2 Å². The van der Waals surface area contributed by atoms with E-state index in [1.54, 1.807) is 12.1 Å². The summed E-state index contributed by atoms with van der Waals surface area (Å²) in [4.78, 5) is 38.7. The van der Waals surface area contributed by atoms with Gasteiger partial charge in [-0.05, 0) is 27.8 Å². The predicted octanol–water partition coefficient (Wildman–Crippen LogP) is 3.61. The third kappa shape index (κ3) is 7.55. The van der Waals surface area contributed by atoms with Crippen LogP contribution in [0, 0.1) is 5.92 Å².